The third-order valence-electron chi connectivity index (χ3n) is 7.75. The maximum Gasteiger partial charge on any atom is 0.159 e. The van der Waals surface area contributed by atoms with Crippen molar-refractivity contribution in [1.29, 1.82) is 5.26 Å². The molecule has 2 aliphatic heterocycles. The molecule has 2 aliphatic rings. The van der Waals surface area contributed by atoms with Gasteiger partial charge in [-0.05, 0) is 35.2 Å². The summed E-state index contributed by atoms with van der Waals surface area (Å²) in [4.78, 5) is 11.7. The van der Waals surface area contributed by atoms with Gasteiger partial charge in [-0.25, -0.2) is 9.37 Å². The molecule has 0 spiro atoms. The van der Waals surface area contributed by atoms with Crippen LogP contribution in [0.3, 0.4) is 0 Å². The highest BCUT2D eigenvalue weighted by molar-refractivity contribution is 7.23. The first-order chi connectivity index (χ1) is 18.8. The number of ether oxygens (including phenoxy) is 1. The number of aliphatic hydroxyl groups is 1. The van der Waals surface area contributed by atoms with Gasteiger partial charge in [0.15, 0.2) is 5.82 Å². The average molecular weight is 548 g/mol. The van der Waals surface area contributed by atoms with Crippen LogP contribution in [0.4, 0.5) is 15.2 Å². The minimum absolute atomic E-state index is 0.173. The second-order valence-corrected chi connectivity index (χ2v) is 11.3. The second kappa shape index (κ2) is 11.0. The quantitative estimate of drug-likeness (QED) is 0.308. The van der Waals surface area contributed by atoms with Crippen molar-refractivity contribution in [3.8, 4) is 17.3 Å². The molecule has 39 heavy (non-hydrogen) atoms. The first kappa shape index (κ1) is 27.3. The van der Waals surface area contributed by atoms with Gasteiger partial charge in [0.1, 0.15) is 16.9 Å². The van der Waals surface area contributed by atoms with E-state index in [0.29, 0.717) is 42.0 Å². The minimum atomic E-state index is -0.490. The Morgan fingerprint density at radius 1 is 1.21 bits per heavy atom. The maximum absolute atomic E-state index is 14.7. The lowest BCUT2D eigenvalue weighted by molar-refractivity contribution is 0.135. The van der Waals surface area contributed by atoms with Crippen molar-refractivity contribution in [2.45, 2.75) is 66.3 Å². The predicted octanol–water partition coefficient (Wildman–Crippen LogP) is 6.32. The molecule has 4 aromatic rings. The molecule has 6 rings (SSSR count). The number of anilines is 2. The number of benzene rings is 1. The first-order valence-electron chi connectivity index (χ1n) is 13.6. The Balaban J connectivity index is 0.000000723. The third kappa shape index (κ3) is 4.61. The Morgan fingerprint density at radius 2 is 1.95 bits per heavy atom. The molecule has 2 atom stereocenters. The van der Waals surface area contributed by atoms with E-state index in [0.717, 1.165) is 56.9 Å². The van der Waals surface area contributed by atoms with Crippen molar-refractivity contribution in [2.24, 2.45) is 5.92 Å². The molecule has 0 aliphatic carbocycles. The summed E-state index contributed by atoms with van der Waals surface area (Å²) in [6.45, 7) is 10.6. The van der Waals surface area contributed by atoms with E-state index in [1.807, 2.05) is 13.0 Å². The summed E-state index contributed by atoms with van der Waals surface area (Å²) in [5.41, 5.74) is 11.6. The number of aromatic nitrogens is 2. The molecule has 0 saturated carbocycles. The number of hydrogen-bond donors (Lipinski definition) is 2. The molecule has 3 aromatic heterocycles. The van der Waals surface area contributed by atoms with Gasteiger partial charge in [0.25, 0.3) is 0 Å². The average Bonchev–Trinajstić information content (AvgIpc) is 3.65. The van der Waals surface area contributed by atoms with Crippen molar-refractivity contribution >= 4 is 43.1 Å². The molecule has 0 radical (unpaired) electrons. The normalized spacial score (nSPS) is 18.3. The van der Waals surface area contributed by atoms with E-state index in [1.54, 1.807) is 0 Å². The smallest absolute Gasteiger partial charge is 0.159 e. The van der Waals surface area contributed by atoms with Gasteiger partial charge in [-0.3, -0.25) is 4.98 Å². The summed E-state index contributed by atoms with van der Waals surface area (Å²) in [7, 11) is 0. The zero-order valence-corrected chi connectivity index (χ0v) is 23.7. The Kier molecular flexibility index (Phi) is 7.72. The topological polar surface area (TPSA) is 108 Å². The van der Waals surface area contributed by atoms with E-state index in [1.165, 1.54) is 19.0 Å². The van der Waals surface area contributed by atoms with E-state index in [4.69, 9.17) is 15.5 Å². The summed E-state index contributed by atoms with van der Waals surface area (Å²) in [5.74, 6) is 0.498. The number of aryl methyl sites for hydroxylation is 1. The number of rotatable bonds is 4. The Hall–Kier alpha value is -3.32. The lowest BCUT2D eigenvalue weighted by Gasteiger charge is -2.21. The number of unbranched alkanes of at least 4 members (excludes halogenated alkanes) is 1. The predicted molar refractivity (Wildman–Crippen MR) is 155 cm³/mol. The molecule has 1 aromatic carbocycles. The number of thiophene rings is 1. The van der Waals surface area contributed by atoms with Crippen LogP contribution in [0, 0.1) is 23.1 Å². The number of fused-ring (bicyclic) bond motifs is 4. The van der Waals surface area contributed by atoms with Crippen molar-refractivity contribution < 1.29 is 14.2 Å². The molecule has 7 nitrogen and oxygen atoms in total. The Bertz CT molecular complexity index is 1580. The number of hydrogen-bond acceptors (Lipinski definition) is 8. The van der Waals surface area contributed by atoms with Crippen LogP contribution < -0.4 is 10.6 Å². The van der Waals surface area contributed by atoms with E-state index >= 15 is 0 Å². The number of nitrogens with zero attached hydrogens (tertiary/aromatic N) is 4. The molecule has 5 heterocycles. The second-order valence-electron chi connectivity index (χ2n) is 10.3. The molecule has 0 bridgehead atoms. The van der Waals surface area contributed by atoms with Crippen LogP contribution in [0.2, 0.25) is 0 Å². The zero-order valence-electron chi connectivity index (χ0n) is 22.8. The number of nitriles is 1. The van der Waals surface area contributed by atoms with E-state index in [2.05, 4.69) is 42.8 Å². The largest absolute Gasteiger partial charge is 0.391 e. The van der Waals surface area contributed by atoms with Crippen LogP contribution in [0.15, 0.2) is 18.3 Å². The SMILES string of the molecule is CCCC.CCc1c(-c2ncc(F)c3sc(N)c(C#N)c23)c2c(c3ccc(N4CC(C)C(O)C4)nc13)COC2. The highest BCUT2D eigenvalue weighted by Gasteiger charge is 2.31. The molecule has 0 amide bonds. The number of aliphatic hydroxyl groups excluding tert-OH is 1. The van der Waals surface area contributed by atoms with Gasteiger partial charge in [-0.1, -0.05) is 40.5 Å². The Labute approximate surface area is 232 Å². The van der Waals surface area contributed by atoms with Crippen LogP contribution in [-0.4, -0.2) is 34.3 Å². The van der Waals surface area contributed by atoms with Crippen LogP contribution in [-0.2, 0) is 24.4 Å². The minimum Gasteiger partial charge on any atom is -0.391 e. The first-order valence-corrected chi connectivity index (χ1v) is 14.4. The van der Waals surface area contributed by atoms with Crippen molar-refractivity contribution in [3.63, 3.8) is 0 Å². The standard InChI is InChI=1S/C26H24FN5O2S.C4H10/c1-3-13-21(24-22-15(6-28)26(29)35-25(22)18(27)7-30-24)17-11-34-10-16(17)14-4-5-20(31-23(13)14)32-8-12(2)19(33)9-32;1-3-4-2/h4-5,7,12,19,33H,3,8-11,29H2,1-2H3;3-4H2,1-2H3. The Morgan fingerprint density at radius 3 is 2.59 bits per heavy atom. The summed E-state index contributed by atoms with van der Waals surface area (Å²) in [6.07, 6.45) is 4.13. The molecular weight excluding hydrogens is 513 g/mol. The van der Waals surface area contributed by atoms with Crippen molar-refractivity contribution in [1.82, 2.24) is 9.97 Å². The number of β-amino-alcohol motifs (C(OH)–C–C–N with tert-alkyl or cyclic N) is 1. The molecule has 9 heteroatoms. The van der Waals surface area contributed by atoms with Crippen molar-refractivity contribution in [3.05, 3.63) is 46.4 Å². The molecular formula is C30H34FN5O2S. The van der Waals surface area contributed by atoms with E-state index in [-0.39, 0.29) is 22.6 Å². The lowest BCUT2D eigenvalue weighted by Crippen LogP contribution is -2.22. The summed E-state index contributed by atoms with van der Waals surface area (Å²) >= 11 is 1.07. The number of nitrogens with two attached hydrogens (primary N) is 1. The summed E-state index contributed by atoms with van der Waals surface area (Å²) < 4.78 is 20.9. The van der Waals surface area contributed by atoms with Gasteiger partial charge < -0.3 is 20.5 Å². The molecule has 1 fully saturated rings. The van der Waals surface area contributed by atoms with E-state index < -0.39 is 5.82 Å². The molecule has 204 valence electrons. The number of halogens is 1. The maximum atomic E-state index is 14.7. The van der Waals surface area contributed by atoms with Gasteiger partial charge >= 0.3 is 0 Å². The van der Waals surface area contributed by atoms with Crippen LogP contribution in [0.25, 0.3) is 32.2 Å². The van der Waals surface area contributed by atoms with E-state index in [9.17, 15) is 14.8 Å². The van der Waals surface area contributed by atoms with Crippen LogP contribution in [0.5, 0.6) is 0 Å². The fourth-order valence-electron chi connectivity index (χ4n) is 5.45. The zero-order chi connectivity index (χ0) is 27.8. The molecule has 2 unspecified atom stereocenters. The highest BCUT2D eigenvalue weighted by atomic mass is 32.1. The van der Waals surface area contributed by atoms with Gasteiger partial charge in [-0.15, -0.1) is 11.3 Å². The molecule has 3 N–H and O–H groups in total. The lowest BCUT2D eigenvalue weighted by atomic mass is 9.88. The highest BCUT2D eigenvalue weighted by Crippen LogP contribution is 2.46. The summed E-state index contributed by atoms with van der Waals surface area (Å²) in [6, 6.07) is 6.24. The third-order valence-corrected chi connectivity index (χ3v) is 8.77. The molecule has 1 saturated heterocycles. The fourth-order valence-corrected chi connectivity index (χ4v) is 6.37. The van der Waals surface area contributed by atoms with Crippen molar-refractivity contribution in [2.75, 3.05) is 23.7 Å². The van der Waals surface area contributed by atoms with Gasteiger partial charge in [0.05, 0.1) is 47.0 Å². The van der Waals surface area contributed by atoms with Gasteiger partial charge in [0.2, 0.25) is 0 Å². The number of nitrogen functional groups attached to an aromatic ring is 1. The van der Waals surface area contributed by atoms with Gasteiger partial charge in [0, 0.05) is 35.3 Å². The van der Waals surface area contributed by atoms with Crippen LogP contribution >= 0.6 is 11.3 Å². The van der Waals surface area contributed by atoms with Gasteiger partial charge in [-0.2, -0.15) is 5.26 Å². The monoisotopic (exact) mass is 547 g/mol. The summed E-state index contributed by atoms with van der Waals surface area (Å²) in [5, 5.41) is 21.9. The van der Waals surface area contributed by atoms with Crippen LogP contribution in [0.1, 0.15) is 62.8 Å². The fraction of sp³-hybridized carbons (Fsp3) is 0.433. The number of pyridine rings is 2.